The first-order chi connectivity index (χ1) is 9.61. The lowest BCUT2D eigenvalue weighted by Gasteiger charge is -2.12. The smallest absolute Gasteiger partial charge is 0.238 e. The van der Waals surface area contributed by atoms with Crippen LogP contribution in [0.15, 0.2) is 34.8 Å². The zero-order valence-corrected chi connectivity index (χ0v) is 12.1. The Morgan fingerprint density at radius 2 is 2.15 bits per heavy atom. The van der Waals surface area contributed by atoms with E-state index in [1.807, 2.05) is 18.2 Å². The van der Waals surface area contributed by atoms with Crippen LogP contribution in [0.2, 0.25) is 0 Å². The number of nitrogens with zero attached hydrogens (tertiary/aromatic N) is 1. The normalized spacial score (nSPS) is 16.7. The molecule has 1 amide bonds. The van der Waals surface area contributed by atoms with Crippen LogP contribution in [-0.4, -0.2) is 23.1 Å². The summed E-state index contributed by atoms with van der Waals surface area (Å²) in [6.45, 7) is 0. The van der Waals surface area contributed by atoms with Gasteiger partial charge in [-0.2, -0.15) is 0 Å². The minimum absolute atomic E-state index is 0.0328. The molecule has 20 heavy (non-hydrogen) atoms. The van der Waals surface area contributed by atoms with Gasteiger partial charge in [-0.1, -0.05) is 22.0 Å². The highest BCUT2D eigenvalue weighted by molar-refractivity contribution is 9.10. The monoisotopic (exact) mass is 334 g/mol. The summed E-state index contributed by atoms with van der Waals surface area (Å²) in [5, 5.41) is 12.8. The van der Waals surface area contributed by atoms with Crippen LogP contribution in [0, 0.1) is 0 Å². The number of rotatable bonds is 2. The van der Waals surface area contributed by atoms with Gasteiger partial charge in [-0.15, -0.1) is 0 Å². The molecule has 0 fully saturated rings. The van der Waals surface area contributed by atoms with Crippen molar-refractivity contribution in [2.24, 2.45) is 0 Å². The van der Waals surface area contributed by atoms with Gasteiger partial charge >= 0.3 is 0 Å². The number of hydrogen-bond acceptors (Lipinski definition) is 4. The Kier molecular flexibility index (Phi) is 3.10. The van der Waals surface area contributed by atoms with Crippen molar-refractivity contribution >= 4 is 27.5 Å². The fraction of sp³-hybridized carbons (Fsp3) is 0.143. The largest absolute Gasteiger partial charge is 0.506 e. The number of carbonyl (C=O) groups excluding carboxylic acids is 1. The molecule has 1 unspecified atom stereocenters. The van der Waals surface area contributed by atoms with Gasteiger partial charge in [-0.05, 0) is 18.2 Å². The lowest BCUT2D eigenvalue weighted by molar-refractivity contribution is -0.116. The van der Waals surface area contributed by atoms with Crippen LogP contribution in [0.3, 0.4) is 0 Å². The molecule has 0 bridgehead atoms. The minimum atomic E-state index is -0.657. The molecular formula is C14H11BrN2O3. The first-order valence-corrected chi connectivity index (χ1v) is 6.74. The number of anilines is 1. The van der Waals surface area contributed by atoms with Gasteiger partial charge in [0.25, 0.3) is 0 Å². The van der Waals surface area contributed by atoms with Crippen LogP contribution in [0.5, 0.6) is 11.6 Å². The molecule has 1 atom stereocenters. The Hall–Kier alpha value is -2.08. The van der Waals surface area contributed by atoms with Crippen LogP contribution in [0.4, 0.5) is 5.69 Å². The molecule has 5 nitrogen and oxygen atoms in total. The quantitative estimate of drug-likeness (QED) is 0.885. The van der Waals surface area contributed by atoms with Crippen LogP contribution in [0.1, 0.15) is 17.2 Å². The molecule has 1 aromatic carbocycles. The predicted molar refractivity (Wildman–Crippen MR) is 77.1 cm³/mol. The van der Waals surface area contributed by atoms with Gasteiger partial charge in [0, 0.05) is 21.8 Å². The molecule has 0 spiro atoms. The number of benzene rings is 1. The van der Waals surface area contributed by atoms with E-state index in [1.165, 1.54) is 13.2 Å². The van der Waals surface area contributed by atoms with Gasteiger partial charge in [0.05, 0.1) is 7.11 Å². The average Bonchev–Trinajstić information content (AvgIpc) is 2.77. The standard InChI is InChI=1S/C14H11BrN2O3/c1-20-10-6-5-9(18)13(17-10)12-11-7(15)3-2-4-8(11)16-14(12)19/h2-6,12,18H,1H3,(H,16,19). The summed E-state index contributed by atoms with van der Waals surface area (Å²) in [6.07, 6.45) is 0. The van der Waals surface area contributed by atoms with E-state index in [4.69, 9.17) is 4.74 Å². The molecule has 2 heterocycles. The van der Waals surface area contributed by atoms with E-state index in [2.05, 4.69) is 26.2 Å². The molecule has 102 valence electrons. The van der Waals surface area contributed by atoms with Gasteiger partial charge < -0.3 is 15.2 Å². The van der Waals surface area contributed by atoms with E-state index in [1.54, 1.807) is 6.07 Å². The molecule has 0 saturated heterocycles. The number of halogens is 1. The molecule has 0 aliphatic carbocycles. The Labute approximate surface area is 123 Å². The summed E-state index contributed by atoms with van der Waals surface area (Å²) in [6, 6.07) is 8.53. The van der Waals surface area contributed by atoms with Crippen molar-refractivity contribution in [1.29, 1.82) is 0 Å². The Bertz CT molecular complexity index is 703. The van der Waals surface area contributed by atoms with Crippen molar-refractivity contribution in [3.8, 4) is 11.6 Å². The van der Waals surface area contributed by atoms with Crippen LogP contribution >= 0.6 is 15.9 Å². The summed E-state index contributed by atoms with van der Waals surface area (Å²) in [5.41, 5.74) is 1.78. The minimum Gasteiger partial charge on any atom is -0.506 e. The second-order valence-corrected chi connectivity index (χ2v) is 5.24. The molecule has 1 aliphatic heterocycles. The van der Waals surface area contributed by atoms with Crippen LogP contribution < -0.4 is 10.1 Å². The molecule has 0 saturated carbocycles. The van der Waals surface area contributed by atoms with E-state index < -0.39 is 5.92 Å². The number of aromatic hydroxyl groups is 1. The van der Waals surface area contributed by atoms with Crippen molar-refractivity contribution in [2.45, 2.75) is 5.92 Å². The SMILES string of the molecule is COc1ccc(O)c(C2C(=O)Nc3cccc(Br)c32)n1. The lowest BCUT2D eigenvalue weighted by Crippen LogP contribution is -2.15. The van der Waals surface area contributed by atoms with E-state index in [9.17, 15) is 9.90 Å². The summed E-state index contributed by atoms with van der Waals surface area (Å²) in [5.74, 6) is -0.556. The number of fused-ring (bicyclic) bond motifs is 1. The van der Waals surface area contributed by atoms with E-state index in [0.717, 1.165) is 15.7 Å². The highest BCUT2D eigenvalue weighted by Crippen LogP contribution is 2.43. The van der Waals surface area contributed by atoms with Crippen LogP contribution in [0.25, 0.3) is 0 Å². The number of amides is 1. The second kappa shape index (κ2) is 4.79. The number of pyridine rings is 1. The number of methoxy groups -OCH3 is 1. The van der Waals surface area contributed by atoms with Crippen molar-refractivity contribution in [2.75, 3.05) is 12.4 Å². The molecule has 2 aromatic rings. The molecule has 1 aromatic heterocycles. The van der Waals surface area contributed by atoms with Crippen molar-refractivity contribution in [1.82, 2.24) is 4.98 Å². The maximum Gasteiger partial charge on any atom is 0.238 e. The molecule has 1 aliphatic rings. The van der Waals surface area contributed by atoms with Gasteiger partial charge in [0.15, 0.2) is 0 Å². The average molecular weight is 335 g/mol. The topological polar surface area (TPSA) is 71.5 Å². The van der Waals surface area contributed by atoms with Gasteiger partial charge in [-0.25, -0.2) is 4.98 Å². The van der Waals surface area contributed by atoms with Gasteiger partial charge in [0.1, 0.15) is 17.4 Å². The number of carbonyl (C=O) groups is 1. The fourth-order valence-corrected chi connectivity index (χ4v) is 2.91. The summed E-state index contributed by atoms with van der Waals surface area (Å²) in [4.78, 5) is 16.4. The Balaban J connectivity index is 2.19. The van der Waals surface area contributed by atoms with Crippen molar-refractivity contribution in [3.63, 3.8) is 0 Å². The van der Waals surface area contributed by atoms with Crippen molar-refractivity contribution in [3.05, 3.63) is 46.1 Å². The molecule has 2 N–H and O–H groups in total. The second-order valence-electron chi connectivity index (χ2n) is 4.38. The summed E-state index contributed by atoms with van der Waals surface area (Å²) in [7, 11) is 1.49. The molecule has 0 radical (unpaired) electrons. The number of aromatic nitrogens is 1. The number of nitrogens with one attached hydrogen (secondary N) is 1. The third-order valence-corrected chi connectivity index (χ3v) is 3.91. The summed E-state index contributed by atoms with van der Waals surface area (Å²) < 4.78 is 5.85. The number of ether oxygens (including phenoxy) is 1. The van der Waals surface area contributed by atoms with E-state index in [0.29, 0.717) is 5.88 Å². The highest BCUT2D eigenvalue weighted by atomic mass is 79.9. The lowest BCUT2D eigenvalue weighted by atomic mass is 9.96. The maximum atomic E-state index is 12.2. The molecular weight excluding hydrogens is 324 g/mol. The van der Waals surface area contributed by atoms with E-state index in [-0.39, 0.29) is 17.4 Å². The third kappa shape index (κ3) is 1.92. The third-order valence-electron chi connectivity index (χ3n) is 3.22. The van der Waals surface area contributed by atoms with Crippen LogP contribution in [-0.2, 0) is 4.79 Å². The highest BCUT2D eigenvalue weighted by Gasteiger charge is 2.36. The zero-order valence-electron chi connectivity index (χ0n) is 10.6. The fourth-order valence-electron chi connectivity index (χ4n) is 2.31. The molecule has 3 rings (SSSR count). The number of hydrogen-bond donors (Lipinski definition) is 2. The van der Waals surface area contributed by atoms with Crippen molar-refractivity contribution < 1.29 is 14.6 Å². The maximum absolute atomic E-state index is 12.2. The summed E-state index contributed by atoms with van der Waals surface area (Å²) >= 11 is 3.44. The first kappa shape index (κ1) is 12.9. The predicted octanol–water partition coefficient (Wildman–Crippen LogP) is 2.64. The zero-order chi connectivity index (χ0) is 14.3. The Morgan fingerprint density at radius 3 is 2.90 bits per heavy atom. The van der Waals surface area contributed by atoms with E-state index >= 15 is 0 Å². The molecule has 6 heteroatoms. The van der Waals surface area contributed by atoms with Gasteiger partial charge in [-0.3, -0.25) is 4.79 Å². The first-order valence-electron chi connectivity index (χ1n) is 5.95. The van der Waals surface area contributed by atoms with Gasteiger partial charge in [0.2, 0.25) is 11.8 Å². The Morgan fingerprint density at radius 1 is 1.35 bits per heavy atom.